The Labute approximate surface area is 116 Å². The average Bonchev–Trinajstić information content (AvgIpc) is 2.81. The van der Waals surface area contributed by atoms with Gasteiger partial charge in [-0.05, 0) is 57.3 Å². The highest BCUT2D eigenvalue weighted by atomic mass is 16.5. The van der Waals surface area contributed by atoms with E-state index in [-0.39, 0.29) is 5.60 Å². The summed E-state index contributed by atoms with van der Waals surface area (Å²) in [5.41, 5.74) is 2.99. The van der Waals surface area contributed by atoms with Crippen molar-refractivity contribution in [2.24, 2.45) is 5.92 Å². The van der Waals surface area contributed by atoms with E-state index in [9.17, 15) is 0 Å². The maximum Gasteiger partial charge on any atom is 0.0717 e. The van der Waals surface area contributed by atoms with Gasteiger partial charge in [-0.15, -0.1) is 0 Å². The van der Waals surface area contributed by atoms with E-state index in [2.05, 4.69) is 36.7 Å². The SMILES string of the molecule is CC1=C(N2CCC3(CCCO3)CC2)C=CC#CC1C. The van der Waals surface area contributed by atoms with Crippen LogP contribution >= 0.6 is 0 Å². The predicted octanol–water partition coefficient (Wildman–Crippen LogP) is 3.11. The monoisotopic (exact) mass is 257 g/mol. The maximum atomic E-state index is 6.00. The molecule has 2 heterocycles. The molecule has 3 rings (SSSR count). The van der Waals surface area contributed by atoms with Gasteiger partial charge in [-0.2, -0.15) is 0 Å². The lowest BCUT2D eigenvalue weighted by Gasteiger charge is -2.40. The molecule has 2 nitrogen and oxygen atoms in total. The van der Waals surface area contributed by atoms with Crippen LogP contribution in [0.25, 0.3) is 0 Å². The van der Waals surface area contributed by atoms with Gasteiger partial charge >= 0.3 is 0 Å². The maximum absolute atomic E-state index is 6.00. The van der Waals surface area contributed by atoms with E-state index in [1.807, 2.05) is 6.08 Å². The van der Waals surface area contributed by atoms with Crippen LogP contribution < -0.4 is 0 Å². The molecule has 1 atom stereocenters. The van der Waals surface area contributed by atoms with Crippen molar-refractivity contribution in [1.29, 1.82) is 0 Å². The van der Waals surface area contributed by atoms with Gasteiger partial charge in [0.15, 0.2) is 0 Å². The first-order valence-electron chi connectivity index (χ1n) is 7.47. The first-order valence-corrected chi connectivity index (χ1v) is 7.47. The summed E-state index contributed by atoms with van der Waals surface area (Å²) in [5.74, 6) is 6.75. The van der Waals surface area contributed by atoms with Gasteiger partial charge in [-0.3, -0.25) is 0 Å². The number of rotatable bonds is 1. The van der Waals surface area contributed by atoms with Crippen molar-refractivity contribution >= 4 is 0 Å². The van der Waals surface area contributed by atoms with E-state index in [0.717, 1.165) is 19.7 Å². The van der Waals surface area contributed by atoms with Crippen LogP contribution in [0.4, 0.5) is 0 Å². The Morgan fingerprint density at radius 2 is 2.11 bits per heavy atom. The molecule has 2 aliphatic heterocycles. The molecule has 2 saturated heterocycles. The smallest absolute Gasteiger partial charge is 0.0717 e. The van der Waals surface area contributed by atoms with Gasteiger partial charge in [-0.25, -0.2) is 0 Å². The van der Waals surface area contributed by atoms with Crippen LogP contribution in [0.3, 0.4) is 0 Å². The first-order chi connectivity index (χ1) is 9.20. The molecule has 0 aromatic carbocycles. The van der Waals surface area contributed by atoms with Crippen LogP contribution in [0.15, 0.2) is 23.4 Å². The normalized spacial score (nSPS) is 29.4. The number of nitrogens with zero attached hydrogens (tertiary/aromatic N) is 1. The third kappa shape index (κ3) is 2.44. The molecule has 0 N–H and O–H groups in total. The average molecular weight is 257 g/mol. The molecule has 1 spiro atoms. The Morgan fingerprint density at radius 3 is 2.79 bits per heavy atom. The minimum atomic E-state index is 0.210. The van der Waals surface area contributed by atoms with Crippen molar-refractivity contribution in [3.8, 4) is 11.8 Å². The Morgan fingerprint density at radius 1 is 1.32 bits per heavy atom. The largest absolute Gasteiger partial charge is 0.375 e. The van der Waals surface area contributed by atoms with Crippen LogP contribution in [0, 0.1) is 17.8 Å². The molecule has 19 heavy (non-hydrogen) atoms. The van der Waals surface area contributed by atoms with E-state index in [1.165, 1.54) is 37.0 Å². The van der Waals surface area contributed by atoms with Crippen molar-refractivity contribution in [3.05, 3.63) is 23.4 Å². The molecule has 2 fully saturated rings. The van der Waals surface area contributed by atoms with Crippen LogP contribution in [-0.4, -0.2) is 30.2 Å². The van der Waals surface area contributed by atoms with Gasteiger partial charge in [0, 0.05) is 31.3 Å². The second kappa shape index (κ2) is 5.06. The second-order valence-corrected chi connectivity index (χ2v) is 6.03. The quantitative estimate of drug-likeness (QED) is 0.669. The molecule has 0 bridgehead atoms. The lowest BCUT2D eigenvalue weighted by molar-refractivity contribution is -0.0373. The standard InChI is InChI=1S/C17H23NO/c1-14-6-3-4-7-16(15(14)2)18-11-9-17(10-12-18)8-5-13-19-17/h4,7,14H,5,8-13H2,1-2H3. The summed E-state index contributed by atoms with van der Waals surface area (Å²) in [6.45, 7) is 7.61. The number of allylic oxidation sites excluding steroid dienone is 3. The summed E-state index contributed by atoms with van der Waals surface area (Å²) in [5, 5.41) is 0. The molecule has 3 aliphatic rings. The number of piperidine rings is 1. The molecule has 0 saturated carbocycles. The number of hydrogen-bond acceptors (Lipinski definition) is 2. The minimum absolute atomic E-state index is 0.210. The summed E-state index contributed by atoms with van der Waals surface area (Å²) >= 11 is 0. The summed E-state index contributed by atoms with van der Waals surface area (Å²) in [6, 6.07) is 0. The van der Waals surface area contributed by atoms with Gasteiger partial charge in [0.2, 0.25) is 0 Å². The highest BCUT2D eigenvalue weighted by Crippen LogP contribution is 2.37. The summed E-state index contributed by atoms with van der Waals surface area (Å²) in [7, 11) is 0. The van der Waals surface area contributed by atoms with E-state index < -0.39 is 0 Å². The zero-order chi connectivity index (χ0) is 13.3. The zero-order valence-corrected chi connectivity index (χ0v) is 12.0. The fraction of sp³-hybridized carbons (Fsp3) is 0.647. The van der Waals surface area contributed by atoms with Crippen molar-refractivity contribution in [1.82, 2.24) is 4.90 Å². The van der Waals surface area contributed by atoms with Gasteiger partial charge in [0.1, 0.15) is 0 Å². The molecule has 102 valence electrons. The Bertz CT molecular complexity index is 461. The minimum Gasteiger partial charge on any atom is -0.375 e. The molecule has 0 aromatic heterocycles. The predicted molar refractivity (Wildman–Crippen MR) is 77.5 cm³/mol. The molecule has 2 heteroatoms. The lowest BCUT2D eigenvalue weighted by atomic mass is 9.88. The lowest BCUT2D eigenvalue weighted by Crippen LogP contribution is -2.43. The summed E-state index contributed by atoms with van der Waals surface area (Å²) < 4.78 is 6.00. The second-order valence-electron chi connectivity index (χ2n) is 6.03. The molecule has 0 amide bonds. The van der Waals surface area contributed by atoms with Gasteiger partial charge in [-0.1, -0.05) is 11.8 Å². The van der Waals surface area contributed by atoms with E-state index in [0.29, 0.717) is 5.92 Å². The van der Waals surface area contributed by atoms with Gasteiger partial charge in [0.05, 0.1) is 5.60 Å². The molecule has 0 aromatic rings. The highest BCUT2D eigenvalue weighted by Gasteiger charge is 2.38. The van der Waals surface area contributed by atoms with Crippen molar-refractivity contribution in [2.75, 3.05) is 19.7 Å². The van der Waals surface area contributed by atoms with Crippen molar-refractivity contribution in [2.45, 2.75) is 45.1 Å². The molecule has 0 radical (unpaired) electrons. The third-order valence-electron chi connectivity index (χ3n) is 4.88. The van der Waals surface area contributed by atoms with Gasteiger partial charge < -0.3 is 9.64 Å². The zero-order valence-electron chi connectivity index (χ0n) is 12.0. The molecule has 1 aliphatic carbocycles. The number of ether oxygens (including phenoxy) is 1. The van der Waals surface area contributed by atoms with Crippen LogP contribution in [0.1, 0.15) is 39.5 Å². The number of hydrogen-bond donors (Lipinski definition) is 0. The van der Waals surface area contributed by atoms with Crippen LogP contribution in [0.2, 0.25) is 0 Å². The topological polar surface area (TPSA) is 12.5 Å². The summed E-state index contributed by atoms with van der Waals surface area (Å²) in [4.78, 5) is 2.52. The first kappa shape index (κ1) is 12.8. The fourth-order valence-electron chi connectivity index (χ4n) is 3.41. The van der Waals surface area contributed by atoms with E-state index >= 15 is 0 Å². The van der Waals surface area contributed by atoms with Crippen LogP contribution in [0.5, 0.6) is 0 Å². The number of likely N-dealkylation sites (tertiary alicyclic amines) is 1. The van der Waals surface area contributed by atoms with E-state index in [4.69, 9.17) is 4.74 Å². The van der Waals surface area contributed by atoms with Crippen LogP contribution in [-0.2, 0) is 4.74 Å². The van der Waals surface area contributed by atoms with Gasteiger partial charge in [0.25, 0.3) is 0 Å². The van der Waals surface area contributed by atoms with Crippen molar-refractivity contribution < 1.29 is 4.74 Å². The Balaban J connectivity index is 1.73. The molecule has 1 unspecified atom stereocenters. The highest BCUT2D eigenvalue weighted by molar-refractivity contribution is 5.37. The van der Waals surface area contributed by atoms with Crippen molar-refractivity contribution in [3.63, 3.8) is 0 Å². The summed E-state index contributed by atoms with van der Waals surface area (Å²) in [6.07, 6.45) is 9.04. The van der Waals surface area contributed by atoms with E-state index in [1.54, 1.807) is 0 Å². The Kier molecular flexibility index (Phi) is 3.41. The third-order valence-corrected chi connectivity index (χ3v) is 4.88. The Hall–Kier alpha value is -1.20. The fourth-order valence-corrected chi connectivity index (χ4v) is 3.41. The molecular formula is C17H23NO. The molecular weight excluding hydrogens is 234 g/mol.